The molecule has 0 bridgehead atoms. The molecule has 0 spiro atoms. The average molecular weight is 391 g/mol. The van der Waals surface area contributed by atoms with Crippen LogP contribution in [0.5, 0.6) is 0 Å². The lowest BCUT2D eigenvalue weighted by molar-refractivity contribution is -0.122. The summed E-state index contributed by atoms with van der Waals surface area (Å²) < 4.78 is 8.77. The third-order valence-corrected chi connectivity index (χ3v) is 4.85. The molecule has 29 heavy (non-hydrogen) atoms. The van der Waals surface area contributed by atoms with E-state index in [1.807, 2.05) is 36.6 Å². The van der Waals surface area contributed by atoms with Crippen LogP contribution in [0.2, 0.25) is 0 Å². The van der Waals surface area contributed by atoms with Gasteiger partial charge in [-0.2, -0.15) is 5.10 Å². The highest BCUT2D eigenvalue weighted by Gasteiger charge is 2.20. The summed E-state index contributed by atoms with van der Waals surface area (Å²) in [5.74, 6) is 0.452. The first-order valence-electron chi connectivity index (χ1n) is 9.28. The predicted molar refractivity (Wildman–Crippen MR) is 109 cm³/mol. The van der Waals surface area contributed by atoms with Crippen molar-refractivity contribution in [1.82, 2.24) is 24.6 Å². The number of nitrogens with one attached hydrogen (secondary N) is 1. The highest BCUT2D eigenvalue weighted by Crippen LogP contribution is 2.29. The van der Waals surface area contributed by atoms with Crippen LogP contribution in [0.3, 0.4) is 0 Å². The predicted octanol–water partition coefficient (Wildman–Crippen LogP) is 2.71. The Hall–Kier alpha value is -3.68. The van der Waals surface area contributed by atoms with Crippen LogP contribution in [0.15, 0.2) is 58.7 Å². The van der Waals surface area contributed by atoms with E-state index in [1.165, 1.54) is 4.68 Å². The van der Waals surface area contributed by atoms with E-state index in [2.05, 4.69) is 22.0 Å². The molecule has 0 aromatic carbocycles. The second-order valence-electron chi connectivity index (χ2n) is 6.91. The van der Waals surface area contributed by atoms with Crippen molar-refractivity contribution in [2.24, 2.45) is 0 Å². The monoisotopic (exact) mass is 391 g/mol. The van der Waals surface area contributed by atoms with Gasteiger partial charge in [-0.3, -0.25) is 14.6 Å². The number of carbonyl (C=O) groups excluding carboxylic acids is 1. The number of allylic oxidation sites excluding steroid dienone is 1. The molecule has 0 aliphatic heterocycles. The molecule has 4 heterocycles. The summed E-state index contributed by atoms with van der Waals surface area (Å²) in [6.45, 7) is 7.77. The zero-order valence-corrected chi connectivity index (χ0v) is 16.3. The summed E-state index contributed by atoms with van der Waals surface area (Å²) in [5, 5.41) is 7.70. The highest BCUT2D eigenvalue weighted by molar-refractivity contribution is 6.04. The fourth-order valence-corrected chi connectivity index (χ4v) is 3.51. The number of amides is 1. The van der Waals surface area contributed by atoms with E-state index in [0.717, 1.165) is 16.8 Å². The van der Waals surface area contributed by atoms with Gasteiger partial charge in [0.1, 0.15) is 17.8 Å². The smallest absolute Gasteiger partial charge is 0.291 e. The van der Waals surface area contributed by atoms with Gasteiger partial charge in [-0.25, -0.2) is 4.68 Å². The Balaban J connectivity index is 1.67. The van der Waals surface area contributed by atoms with Gasteiger partial charge in [-0.15, -0.1) is 6.58 Å². The molecule has 8 heteroatoms. The van der Waals surface area contributed by atoms with Gasteiger partial charge in [0, 0.05) is 25.0 Å². The minimum atomic E-state index is -0.347. The van der Waals surface area contributed by atoms with Crippen molar-refractivity contribution >= 4 is 27.9 Å². The topological polar surface area (TPSA) is 94.9 Å². The Morgan fingerprint density at radius 2 is 2.14 bits per heavy atom. The maximum absolute atomic E-state index is 13.1. The molecule has 148 valence electrons. The molecule has 0 saturated heterocycles. The molecular formula is C21H21N5O3. The second kappa shape index (κ2) is 7.38. The van der Waals surface area contributed by atoms with Gasteiger partial charge in [0.05, 0.1) is 23.1 Å². The number of carbonyl (C=O) groups is 1. The summed E-state index contributed by atoms with van der Waals surface area (Å²) in [6.07, 6.45) is 6.63. The number of fused-ring (bicyclic) bond motifs is 3. The van der Waals surface area contributed by atoms with Gasteiger partial charge in [-0.05, 0) is 31.5 Å². The average Bonchev–Trinajstić information content (AvgIpc) is 3.21. The van der Waals surface area contributed by atoms with E-state index >= 15 is 0 Å². The number of rotatable bonds is 6. The largest absolute Gasteiger partial charge is 0.459 e. The van der Waals surface area contributed by atoms with Crippen molar-refractivity contribution in [2.75, 3.05) is 0 Å². The zero-order chi connectivity index (χ0) is 20.5. The lowest BCUT2D eigenvalue weighted by atomic mass is 10.1. The number of furan rings is 1. The van der Waals surface area contributed by atoms with Crippen LogP contribution in [0.1, 0.15) is 24.3 Å². The van der Waals surface area contributed by atoms with Crippen molar-refractivity contribution in [3.63, 3.8) is 0 Å². The molecule has 1 N–H and O–H groups in total. The van der Waals surface area contributed by atoms with Gasteiger partial charge in [0.2, 0.25) is 5.91 Å². The molecule has 0 aliphatic carbocycles. The van der Waals surface area contributed by atoms with Gasteiger partial charge < -0.3 is 14.3 Å². The lowest BCUT2D eigenvalue weighted by Crippen LogP contribution is -2.35. The van der Waals surface area contributed by atoms with Gasteiger partial charge in [0.15, 0.2) is 5.58 Å². The molecule has 4 aromatic heterocycles. The summed E-state index contributed by atoms with van der Waals surface area (Å²) in [7, 11) is 0. The molecule has 1 amide bonds. The van der Waals surface area contributed by atoms with Crippen molar-refractivity contribution < 1.29 is 9.21 Å². The van der Waals surface area contributed by atoms with E-state index in [4.69, 9.17) is 4.42 Å². The van der Waals surface area contributed by atoms with E-state index in [-0.39, 0.29) is 24.1 Å². The minimum absolute atomic E-state index is 0.177. The maximum atomic E-state index is 13.1. The number of hydrogen-bond donors (Lipinski definition) is 1. The van der Waals surface area contributed by atoms with Gasteiger partial charge in [0.25, 0.3) is 5.56 Å². The molecular weight excluding hydrogens is 370 g/mol. The Kier molecular flexibility index (Phi) is 4.75. The summed E-state index contributed by atoms with van der Waals surface area (Å²) in [4.78, 5) is 29.5. The molecule has 0 radical (unpaired) electrons. The van der Waals surface area contributed by atoms with Gasteiger partial charge in [-0.1, -0.05) is 6.08 Å². The molecule has 4 rings (SSSR count). The Morgan fingerprint density at radius 3 is 2.86 bits per heavy atom. The van der Waals surface area contributed by atoms with Gasteiger partial charge >= 0.3 is 0 Å². The fourth-order valence-electron chi connectivity index (χ4n) is 3.51. The van der Waals surface area contributed by atoms with E-state index < -0.39 is 0 Å². The number of hydrogen-bond acceptors (Lipinski definition) is 5. The van der Waals surface area contributed by atoms with E-state index in [9.17, 15) is 9.59 Å². The standard InChI is InChI=1S/C21H21N5O3/c1-4-9-25-17-10-13(2)29-20(17)16-11-23-26(21(28)19(16)25)12-18(27)24-14(3)15-5-7-22-8-6-15/h4-8,10-11,14H,1,9,12H2,2-3H3,(H,24,27)/t14-/m1/s1. The third kappa shape index (κ3) is 3.33. The molecule has 4 aromatic rings. The normalized spacial score (nSPS) is 12.3. The highest BCUT2D eigenvalue weighted by atomic mass is 16.3. The van der Waals surface area contributed by atoms with Crippen LogP contribution >= 0.6 is 0 Å². The van der Waals surface area contributed by atoms with Crippen LogP contribution < -0.4 is 10.9 Å². The Morgan fingerprint density at radius 1 is 1.38 bits per heavy atom. The van der Waals surface area contributed by atoms with Crippen molar-refractivity contribution in [3.8, 4) is 0 Å². The van der Waals surface area contributed by atoms with Crippen LogP contribution in [-0.2, 0) is 17.9 Å². The van der Waals surface area contributed by atoms with E-state index in [0.29, 0.717) is 23.0 Å². The number of aromatic nitrogens is 4. The molecule has 0 fully saturated rings. The van der Waals surface area contributed by atoms with Crippen LogP contribution in [0.4, 0.5) is 0 Å². The molecule has 0 unspecified atom stereocenters. The fraction of sp³-hybridized carbons (Fsp3) is 0.238. The van der Waals surface area contributed by atoms with Crippen molar-refractivity contribution in [2.45, 2.75) is 33.0 Å². The Labute approximate surface area is 166 Å². The molecule has 0 saturated carbocycles. The second-order valence-corrected chi connectivity index (χ2v) is 6.91. The first-order valence-corrected chi connectivity index (χ1v) is 9.28. The minimum Gasteiger partial charge on any atom is -0.459 e. The third-order valence-electron chi connectivity index (χ3n) is 4.85. The zero-order valence-electron chi connectivity index (χ0n) is 16.3. The number of pyridine rings is 1. The molecule has 0 aliphatic rings. The number of nitrogens with zero attached hydrogens (tertiary/aromatic N) is 4. The summed E-state index contributed by atoms with van der Waals surface area (Å²) in [5.41, 5.74) is 2.46. The first-order chi connectivity index (χ1) is 14.0. The SMILES string of the molecule is C=CCn1c2cc(C)oc2c2cnn(CC(=O)N[C@H](C)c3ccncc3)c(=O)c21. The van der Waals surface area contributed by atoms with E-state index in [1.54, 1.807) is 24.7 Å². The van der Waals surface area contributed by atoms with Crippen LogP contribution in [0, 0.1) is 6.92 Å². The first kappa shape index (κ1) is 18.7. The van der Waals surface area contributed by atoms with Crippen molar-refractivity contribution in [1.29, 1.82) is 0 Å². The summed E-state index contributed by atoms with van der Waals surface area (Å²) >= 11 is 0. The summed E-state index contributed by atoms with van der Waals surface area (Å²) in [6, 6.07) is 5.34. The number of aryl methyl sites for hydroxylation is 1. The van der Waals surface area contributed by atoms with Crippen LogP contribution in [0.25, 0.3) is 22.0 Å². The molecule has 1 atom stereocenters. The Bertz CT molecular complexity index is 1270. The van der Waals surface area contributed by atoms with Crippen LogP contribution in [-0.4, -0.2) is 25.2 Å². The van der Waals surface area contributed by atoms with Crippen molar-refractivity contribution in [3.05, 3.63) is 71.1 Å². The quantitative estimate of drug-likeness (QED) is 0.510. The molecule has 8 nitrogen and oxygen atoms in total. The lowest BCUT2D eigenvalue weighted by Gasteiger charge is -2.14. The maximum Gasteiger partial charge on any atom is 0.291 e.